The summed E-state index contributed by atoms with van der Waals surface area (Å²) in [6, 6.07) is 9.98. The third-order valence-electron chi connectivity index (χ3n) is 6.10. The van der Waals surface area contributed by atoms with Crippen LogP contribution in [-0.2, 0) is 0 Å². The summed E-state index contributed by atoms with van der Waals surface area (Å²) in [5.74, 6) is 0.842. The van der Waals surface area contributed by atoms with Crippen molar-refractivity contribution >= 4 is 17.4 Å². The SMILES string of the molecule is CCCCCCCCN(CC1(C)CCCC(C)(C)C1)C(=S)Oc1ccccc1. The molecule has 1 aliphatic carbocycles. The molecule has 0 saturated heterocycles. The second-order valence-electron chi connectivity index (χ2n) is 9.88. The summed E-state index contributed by atoms with van der Waals surface area (Å²) in [5, 5.41) is 0.643. The molecule has 0 radical (unpaired) electrons. The lowest BCUT2D eigenvalue weighted by atomic mass is 9.64. The zero-order valence-corrected chi connectivity index (χ0v) is 19.5. The summed E-state index contributed by atoms with van der Waals surface area (Å²) < 4.78 is 6.07. The van der Waals surface area contributed by atoms with Gasteiger partial charge in [0, 0.05) is 13.1 Å². The highest BCUT2D eigenvalue weighted by atomic mass is 32.1. The van der Waals surface area contributed by atoms with Crippen molar-refractivity contribution in [3.8, 4) is 5.75 Å². The van der Waals surface area contributed by atoms with Crippen molar-refractivity contribution in [3.05, 3.63) is 30.3 Å². The van der Waals surface area contributed by atoms with Crippen LogP contribution < -0.4 is 4.74 Å². The lowest BCUT2D eigenvalue weighted by Gasteiger charge is -2.45. The van der Waals surface area contributed by atoms with Crippen LogP contribution in [0.1, 0.15) is 91.9 Å². The molecule has 0 N–H and O–H groups in total. The number of rotatable bonds is 10. The van der Waals surface area contributed by atoms with Crippen molar-refractivity contribution < 1.29 is 4.74 Å². The van der Waals surface area contributed by atoms with Crippen molar-refractivity contribution in [3.63, 3.8) is 0 Å². The highest BCUT2D eigenvalue weighted by molar-refractivity contribution is 7.80. The van der Waals surface area contributed by atoms with Crippen LogP contribution in [0.2, 0.25) is 0 Å². The first kappa shape index (κ1) is 23.2. The van der Waals surface area contributed by atoms with E-state index in [2.05, 4.69) is 32.6 Å². The van der Waals surface area contributed by atoms with Crippen LogP contribution in [0.25, 0.3) is 0 Å². The van der Waals surface area contributed by atoms with Gasteiger partial charge in [-0.1, -0.05) is 84.4 Å². The van der Waals surface area contributed by atoms with Gasteiger partial charge in [0.05, 0.1) is 0 Å². The first-order valence-electron chi connectivity index (χ1n) is 11.4. The van der Waals surface area contributed by atoms with Gasteiger partial charge >= 0.3 is 0 Å². The lowest BCUT2D eigenvalue weighted by Crippen LogP contribution is -2.45. The summed E-state index contributed by atoms with van der Waals surface area (Å²) in [6.07, 6.45) is 13.0. The monoisotopic (exact) mass is 403 g/mol. The van der Waals surface area contributed by atoms with Crippen LogP contribution in [0, 0.1) is 10.8 Å². The normalized spacial score (nSPS) is 21.3. The summed E-state index contributed by atoms with van der Waals surface area (Å²) in [7, 11) is 0. The average Bonchev–Trinajstić information content (AvgIpc) is 2.63. The Kier molecular flexibility index (Phi) is 9.27. The van der Waals surface area contributed by atoms with Gasteiger partial charge in [0.25, 0.3) is 5.17 Å². The summed E-state index contributed by atoms with van der Waals surface area (Å²) in [6.45, 7) is 11.6. The van der Waals surface area contributed by atoms with Crippen molar-refractivity contribution in [1.82, 2.24) is 4.90 Å². The Labute approximate surface area is 179 Å². The molecule has 1 aromatic carbocycles. The quantitative estimate of drug-likeness (QED) is 0.294. The van der Waals surface area contributed by atoms with E-state index < -0.39 is 0 Å². The van der Waals surface area contributed by atoms with E-state index in [4.69, 9.17) is 17.0 Å². The maximum atomic E-state index is 6.07. The largest absolute Gasteiger partial charge is 0.432 e. The number of thiocarbonyl (C=S) groups is 1. The maximum absolute atomic E-state index is 6.07. The fourth-order valence-electron chi connectivity index (χ4n) is 4.89. The number of nitrogens with zero attached hydrogens (tertiary/aromatic N) is 1. The molecule has 1 unspecified atom stereocenters. The number of hydrogen-bond donors (Lipinski definition) is 0. The molecule has 1 atom stereocenters. The highest BCUT2D eigenvalue weighted by Gasteiger charge is 2.38. The summed E-state index contributed by atoms with van der Waals surface area (Å²) in [4.78, 5) is 2.35. The Bertz CT molecular complexity index is 585. The lowest BCUT2D eigenvalue weighted by molar-refractivity contribution is 0.0734. The molecule has 0 aliphatic heterocycles. The van der Waals surface area contributed by atoms with Gasteiger partial charge in [-0.05, 0) is 60.9 Å². The van der Waals surface area contributed by atoms with E-state index in [1.807, 2.05) is 30.3 Å². The van der Waals surface area contributed by atoms with Crippen LogP contribution in [-0.4, -0.2) is 23.2 Å². The van der Waals surface area contributed by atoms with Crippen molar-refractivity contribution in [2.75, 3.05) is 13.1 Å². The van der Waals surface area contributed by atoms with Crippen LogP contribution in [0.15, 0.2) is 30.3 Å². The predicted molar refractivity (Wildman–Crippen MR) is 125 cm³/mol. The van der Waals surface area contributed by atoms with Crippen molar-refractivity contribution in [2.45, 2.75) is 91.9 Å². The van der Waals surface area contributed by atoms with Gasteiger partial charge in [-0.2, -0.15) is 0 Å². The molecule has 1 saturated carbocycles. The average molecular weight is 404 g/mol. The number of para-hydroxylation sites is 1. The van der Waals surface area contributed by atoms with E-state index in [1.54, 1.807) is 0 Å². The number of ether oxygens (including phenoxy) is 1. The van der Waals surface area contributed by atoms with E-state index in [0.29, 0.717) is 16.0 Å². The van der Waals surface area contributed by atoms with Crippen LogP contribution in [0.5, 0.6) is 5.75 Å². The molecule has 3 heteroatoms. The molecule has 1 aromatic rings. The third kappa shape index (κ3) is 8.11. The highest BCUT2D eigenvalue weighted by Crippen LogP contribution is 2.46. The van der Waals surface area contributed by atoms with Crippen molar-refractivity contribution in [2.24, 2.45) is 10.8 Å². The van der Waals surface area contributed by atoms with E-state index in [9.17, 15) is 0 Å². The Morgan fingerprint density at radius 3 is 2.36 bits per heavy atom. The first-order valence-corrected chi connectivity index (χ1v) is 11.8. The predicted octanol–water partition coefficient (Wildman–Crippen LogP) is 7.62. The number of unbranched alkanes of at least 4 members (excludes halogenated alkanes) is 5. The van der Waals surface area contributed by atoms with E-state index in [1.165, 1.54) is 64.2 Å². The molecule has 1 aliphatic rings. The topological polar surface area (TPSA) is 12.5 Å². The Morgan fingerprint density at radius 1 is 1.00 bits per heavy atom. The van der Waals surface area contributed by atoms with Gasteiger partial charge in [0.15, 0.2) is 0 Å². The van der Waals surface area contributed by atoms with E-state index >= 15 is 0 Å². The fourth-order valence-corrected chi connectivity index (χ4v) is 5.15. The molecule has 0 spiro atoms. The molecule has 1 fully saturated rings. The summed E-state index contributed by atoms with van der Waals surface area (Å²) in [5.41, 5.74) is 0.745. The van der Waals surface area contributed by atoms with Crippen molar-refractivity contribution in [1.29, 1.82) is 0 Å². The van der Waals surface area contributed by atoms with Crippen LogP contribution in [0.3, 0.4) is 0 Å². The minimum atomic E-state index is 0.314. The van der Waals surface area contributed by atoms with Gasteiger partial charge in [0.2, 0.25) is 0 Å². The molecular weight excluding hydrogens is 362 g/mol. The van der Waals surface area contributed by atoms with Gasteiger partial charge in [-0.15, -0.1) is 0 Å². The molecule has 2 rings (SSSR count). The number of hydrogen-bond acceptors (Lipinski definition) is 2. The second kappa shape index (κ2) is 11.2. The molecule has 2 nitrogen and oxygen atoms in total. The molecule has 0 bridgehead atoms. The number of benzene rings is 1. The Balaban J connectivity index is 1.97. The minimum Gasteiger partial charge on any atom is -0.432 e. The third-order valence-corrected chi connectivity index (χ3v) is 6.44. The van der Waals surface area contributed by atoms with Gasteiger partial charge < -0.3 is 9.64 Å². The van der Waals surface area contributed by atoms with E-state index in [0.717, 1.165) is 18.8 Å². The molecular formula is C25H41NOS. The molecule has 0 heterocycles. The smallest absolute Gasteiger partial charge is 0.264 e. The fraction of sp³-hybridized carbons (Fsp3) is 0.720. The van der Waals surface area contributed by atoms with Crippen LogP contribution in [0.4, 0.5) is 0 Å². The standard InChI is InChI=1S/C25H41NOS/c1-5-6-7-8-9-13-19-26(23(28)27-22-15-11-10-12-16-22)21-25(4)18-14-17-24(2,3)20-25/h10-12,15-16H,5-9,13-14,17-21H2,1-4H3. The van der Waals surface area contributed by atoms with Gasteiger partial charge in [-0.3, -0.25) is 0 Å². The van der Waals surface area contributed by atoms with Gasteiger partial charge in [0.1, 0.15) is 5.75 Å². The first-order chi connectivity index (χ1) is 13.3. The van der Waals surface area contributed by atoms with Crippen LogP contribution >= 0.6 is 12.2 Å². The van der Waals surface area contributed by atoms with Gasteiger partial charge in [-0.25, -0.2) is 0 Å². The Hall–Kier alpha value is -1.09. The molecule has 0 amide bonds. The second-order valence-corrected chi connectivity index (χ2v) is 10.2. The minimum absolute atomic E-state index is 0.314. The molecule has 0 aromatic heterocycles. The molecule has 158 valence electrons. The van der Waals surface area contributed by atoms with E-state index in [-0.39, 0.29) is 0 Å². The zero-order valence-electron chi connectivity index (χ0n) is 18.6. The zero-order chi connectivity index (χ0) is 20.5. The molecule has 28 heavy (non-hydrogen) atoms. The summed E-state index contributed by atoms with van der Waals surface area (Å²) >= 11 is 5.76. The Morgan fingerprint density at radius 2 is 1.68 bits per heavy atom. The maximum Gasteiger partial charge on any atom is 0.264 e.